The molecule has 0 aliphatic carbocycles. The van der Waals surface area contributed by atoms with Gasteiger partial charge in [-0.15, -0.1) is 0 Å². The number of sulfonamides is 1. The Morgan fingerprint density at radius 3 is 1.89 bits per heavy atom. The molecule has 0 amide bonds. The fourth-order valence-electron chi connectivity index (χ4n) is 3.89. The molecule has 0 aliphatic rings. The van der Waals surface area contributed by atoms with Crippen LogP contribution in [0, 0.1) is 0 Å². The third-order valence-electron chi connectivity index (χ3n) is 5.78. The molecule has 0 saturated carbocycles. The maximum absolute atomic E-state index is 14.2. The third kappa shape index (κ3) is 5.19. The van der Waals surface area contributed by atoms with Gasteiger partial charge < -0.3 is 14.2 Å². The molecule has 1 heterocycles. The molecular formula is C26H27N3O6S. The zero-order valence-electron chi connectivity index (χ0n) is 20.5. The van der Waals surface area contributed by atoms with Crippen LogP contribution >= 0.6 is 0 Å². The summed E-state index contributed by atoms with van der Waals surface area (Å²) < 4.78 is 46.5. The molecule has 0 unspecified atom stereocenters. The Balaban J connectivity index is 1.82. The van der Waals surface area contributed by atoms with Crippen molar-refractivity contribution in [3.8, 4) is 11.5 Å². The summed E-state index contributed by atoms with van der Waals surface area (Å²) in [7, 11) is 1.99. The van der Waals surface area contributed by atoms with Crippen LogP contribution in [0.15, 0.2) is 71.8 Å². The third-order valence-corrected chi connectivity index (χ3v) is 7.61. The van der Waals surface area contributed by atoms with Crippen LogP contribution in [0.5, 0.6) is 11.5 Å². The molecule has 4 aromatic rings. The SMILES string of the molecule is COC(=O)c1cc(S(=O)(=O)N(Cc2ccc(OC)cc2)Cc2ccc(OC)cc2)c2cn(C)nc2c1. The maximum Gasteiger partial charge on any atom is 0.337 e. The second-order valence-corrected chi connectivity index (χ2v) is 10.1. The lowest BCUT2D eigenvalue weighted by molar-refractivity contribution is 0.0600. The van der Waals surface area contributed by atoms with E-state index in [0.717, 1.165) is 11.1 Å². The number of rotatable bonds is 9. The molecule has 0 atom stereocenters. The first kappa shape index (κ1) is 25.2. The highest BCUT2D eigenvalue weighted by molar-refractivity contribution is 7.89. The van der Waals surface area contributed by atoms with Gasteiger partial charge in [-0.25, -0.2) is 13.2 Å². The average Bonchev–Trinajstić information content (AvgIpc) is 3.27. The highest BCUT2D eigenvalue weighted by Crippen LogP contribution is 2.30. The summed E-state index contributed by atoms with van der Waals surface area (Å²) in [6.07, 6.45) is 1.63. The van der Waals surface area contributed by atoms with E-state index in [4.69, 9.17) is 14.2 Å². The number of carbonyl (C=O) groups is 1. The maximum atomic E-state index is 14.2. The molecule has 1 aromatic heterocycles. The van der Waals surface area contributed by atoms with Crippen molar-refractivity contribution in [2.45, 2.75) is 18.0 Å². The summed E-state index contributed by atoms with van der Waals surface area (Å²) in [6, 6.07) is 17.3. The van der Waals surface area contributed by atoms with Gasteiger partial charge in [-0.05, 0) is 47.5 Å². The van der Waals surface area contributed by atoms with Gasteiger partial charge in [0, 0.05) is 31.7 Å². The number of aryl methyl sites for hydroxylation is 1. The van der Waals surface area contributed by atoms with Crippen molar-refractivity contribution in [2.75, 3.05) is 21.3 Å². The number of benzene rings is 3. The molecule has 36 heavy (non-hydrogen) atoms. The normalized spacial score (nSPS) is 11.6. The minimum Gasteiger partial charge on any atom is -0.497 e. The second-order valence-electron chi connectivity index (χ2n) is 8.17. The van der Waals surface area contributed by atoms with Gasteiger partial charge in [0.2, 0.25) is 10.0 Å². The Hall–Kier alpha value is -3.89. The Morgan fingerprint density at radius 2 is 1.42 bits per heavy atom. The largest absolute Gasteiger partial charge is 0.497 e. The Kier molecular flexibility index (Phi) is 7.27. The van der Waals surface area contributed by atoms with E-state index in [1.165, 1.54) is 28.2 Å². The number of aromatic nitrogens is 2. The molecule has 0 bridgehead atoms. The lowest BCUT2D eigenvalue weighted by Gasteiger charge is -2.23. The fourth-order valence-corrected chi connectivity index (χ4v) is 5.52. The number of esters is 1. The van der Waals surface area contributed by atoms with Crippen molar-refractivity contribution in [2.24, 2.45) is 7.05 Å². The van der Waals surface area contributed by atoms with E-state index in [-0.39, 0.29) is 23.5 Å². The van der Waals surface area contributed by atoms with Gasteiger partial charge in [-0.3, -0.25) is 4.68 Å². The lowest BCUT2D eigenvalue weighted by atomic mass is 10.1. The number of nitrogens with zero attached hydrogens (tertiary/aromatic N) is 3. The minimum absolute atomic E-state index is 0.0180. The minimum atomic E-state index is -4.10. The Labute approximate surface area is 209 Å². The summed E-state index contributed by atoms with van der Waals surface area (Å²) in [6.45, 7) is 0.200. The topological polar surface area (TPSA) is 100.0 Å². The molecule has 0 fully saturated rings. The molecule has 0 N–H and O–H groups in total. The number of carbonyl (C=O) groups excluding carboxylic acids is 1. The summed E-state index contributed by atoms with van der Waals surface area (Å²) in [5, 5.41) is 4.74. The highest BCUT2D eigenvalue weighted by Gasteiger charge is 2.29. The molecule has 9 nitrogen and oxygen atoms in total. The molecule has 10 heteroatoms. The van der Waals surface area contributed by atoms with E-state index in [2.05, 4.69) is 5.10 Å². The van der Waals surface area contributed by atoms with Crippen molar-refractivity contribution in [3.05, 3.63) is 83.6 Å². The van der Waals surface area contributed by atoms with Crippen molar-refractivity contribution in [1.29, 1.82) is 0 Å². The van der Waals surface area contributed by atoms with Crippen molar-refractivity contribution in [1.82, 2.24) is 14.1 Å². The summed E-state index contributed by atoms with van der Waals surface area (Å²) in [5.41, 5.74) is 2.04. The van der Waals surface area contributed by atoms with E-state index in [1.807, 2.05) is 24.3 Å². The quantitative estimate of drug-likeness (QED) is 0.317. The Morgan fingerprint density at radius 1 is 0.889 bits per heavy atom. The van der Waals surface area contributed by atoms with Gasteiger partial charge in [-0.1, -0.05) is 24.3 Å². The van der Waals surface area contributed by atoms with E-state index in [1.54, 1.807) is 51.7 Å². The fraction of sp³-hybridized carbons (Fsp3) is 0.231. The van der Waals surface area contributed by atoms with E-state index in [9.17, 15) is 13.2 Å². The van der Waals surface area contributed by atoms with Crippen LogP contribution in [0.25, 0.3) is 10.9 Å². The van der Waals surface area contributed by atoms with Crippen molar-refractivity contribution < 1.29 is 27.4 Å². The van der Waals surface area contributed by atoms with Crippen LogP contribution in [0.4, 0.5) is 0 Å². The zero-order chi connectivity index (χ0) is 25.9. The van der Waals surface area contributed by atoms with Gasteiger partial charge in [-0.2, -0.15) is 9.40 Å². The number of hydrogen-bond acceptors (Lipinski definition) is 7. The predicted octanol–water partition coefficient (Wildman–Crippen LogP) is 3.77. The molecule has 0 saturated heterocycles. The van der Waals surface area contributed by atoms with E-state index < -0.39 is 16.0 Å². The van der Waals surface area contributed by atoms with Gasteiger partial charge in [0.05, 0.1) is 37.3 Å². The number of hydrogen-bond donors (Lipinski definition) is 0. The van der Waals surface area contributed by atoms with Crippen molar-refractivity contribution >= 4 is 26.9 Å². The smallest absolute Gasteiger partial charge is 0.337 e. The lowest BCUT2D eigenvalue weighted by Crippen LogP contribution is -2.30. The van der Waals surface area contributed by atoms with Crippen LogP contribution in [0.2, 0.25) is 0 Å². The Bertz CT molecular complexity index is 1430. The van der Waals surface area contributed by atoms with Gasteiger partial charge in [0.1, 0.15) is 11.5 Å². The van der Waals surface area contributed by atoms with Crippen LogP contribution in [0.3, 0.4) is 0 Å². The first-order valence-electron chi connectivity index (χ1n) is 11.1. The predicted molar refractivity (Wildman–Crippen MR) is 134 cm³/mol. The second kappa shape index (κ2) is 10.4. The molecular weight excluding hydrogens is 482 g/mol. The van der Waals surface area contributed by atoms with Gasteiger partial charge >= 0.3 is 5.97 Å². The van der Waals surface area contributed by atoms with Crippen LogP contribution in [-0.4, -0.2) is 49.8 Å². The highest BCUT2D eigenvalue weighted by atomic mass is 32.2. The van der Waals surface area contributed by atoms with Crippen LogP contribution < -0.4 is 9.47 Å². The van der Waals surface area contributed by atoms with E-state index >= 15 is 0 Å². The first-order chi connectivity index (χ1) is 17.2. The molecule has 0 radical (unpaired) electrons. The molecule has 4 rings (SSSR count). The van der Waals surface area contributed by atoms with Crippen LogP contribution in [-0.2, 0) is 34.9 Å². The number of ether oxygens (including phenoxy) is 3. The monoisotopic (exact) mass is 509 g/mol. The average molecular weight is 510 g/mol. The van der Waals surface area contributed by atoms with Crippen LogP contribution in [0.1, 0.15) is 21.5 Å². The summed E-state index contributed by atoms with van der Waals surface area (Å²) in [4.78, 5) is 12.3. The van der Waals surface area contributed by atoms with Crippen molar-refractivity contribution in [3.63, 3.8) is 0 Å². The number of methoxy groups -OCH3 is 3. The standard InChI is InChI=1S/C26H27N3O6S/c1-28-17-23-24(27-28)13-20(26(30)35-4)14-25(23)36(31,32)29(15-18-5-9-21(33-2)10-6-18)16-19-7-11-22(34-3)12-8-19/h5-14,17H,15-16H2,1-4H3. The summed E-state index contributed by atoms with van der Waals surface area (Å²) >= 11 is 0. The van der Waals surface area contributed by atoms with E-state index in [0.29, 0.717) is 22.4 Å². The molecule has 0 spiro atoms. The first-order valence-corrected chi connectivity index (χ1v) is 12.5. The zero-order valence-corrected chi connectivity index (χ0v) is 21.3. The van der Waals surface area contributed by atoms with Gasteiger partial charge in [0.25, 0.3) is 0 Å². The molecule has 188 valence electrons. The number of fused-ring (bicyclic) bond motifs is 1. The molecule has 0 aliphatic heterocycles. The summed E-state index contributed by atoms with van der Waals surface area (Å²) in [5.74, 6) is 0.702. The van der Waals surface area contributed by atoms with Gasteiger partial charge in [0.15, 0.2) is 0 Å². The molecule has 3 aromatic carbocycles.